The maximum Gasteiger partial charge on any atom is 0.276 e. The van der Waals surface area contributed by atoms with E-state index in [4.69, 9.17) is 27.3 Å². The number of carbonyl (C=O) groups is 3. The molecule has 0 unspecified atom stereocenters. The van der Waals surface area contributed by atoms with Gasteiger partial charge in [-0.05, 0) is 12.1 Å². The minimum atomic E-state index is -1.48. The first-order valence-corrected chi connectivity index (χ1v) is 14.9. The average Bonchev–Trinajstić information content (AvgIpc) is 3.49. The molecule has 2 aliphatic heterocycles. The Kier molecular flexibility index (Phi) is 8.23. The molecule has 1 saturated heterocycles. The fraction of sp³-hybridized carbons (Fsp3) is 0.304. The minimum absolute atomic E-state index is 0.0112. The number of thioether (sulfide) groups is 2. The minimum Gasteiger partial charge on any atom is -0.543 e. The third kappa shape index (κ3) is 5.24. The summed E-state index contributed by atoms with van der Waals surface area (Å²) < 4.78 is 3.92. The van der Waals surface area contributed by atoms with Gasteiger partial charge in [0.15, 0.2) is 29.8 Å². The van der Waals surface area contributed by atoms with Crippen molar-refractivity contribution in [2.75, 3.05) is 31.0 Å². The molecule has 0 saturated carbocycles. The quantitative estimate of drug-likeness (QED) is 0.0873. The van der Waals surface area contributed by atoms with E-state index in [1.165, 1.54) is 30.6 Å². The molecule has 13 nitrogen and oxygen atoms in total. The van der Waals surface area contributed by atoms with E-state index in [2.05, 4.69) is 15.5 Å². The third-order valence-corrected chi connectivity index (χ3v) is 9.52. The number of hydrogen-bond donors (Lipinski definition) is 3. The van der Waals surface area contributed by atoms with Crippen molar-refractivity contribution in [1.82, 2.24) is 19.6 Å². The first-order valence-electron chi connectivity index (χ1n) is 11.7. The number of anilines is 1. The standard InChI is InChI=1S/C23H22ClN7O6S3/c1-37-28-15(14-18(24)40-23(25)27-14)19(33)26-16-20(34)31-17(22(35)36)11(10-39-21(16)31)8-29-4-5-30-12(9-29)2-3-13(30)38-7-6-32/h2-5,9,16,21,32H,6-8,10H2,1H3,(H3-,25,26,27,33,35,36)/b28-15-/t16-,21+/m1/s1. The first-order chi connectivity index (χ1) is 19.2. The lowest BCUT2D eigenvalue weighted by molar-refractivity contribution is -0.688. The van der Waals surface area contributed by atoms with E-state index in [9.17, 15) is 19.5 Å². The number of oxime groups is 1. The highest BCUT2D eigenvalue weighted by molar-refractivity contribution is 8.00. The summed E-state index contributed by atoms with van der Waals surface area (Å²) in [6.07, 6.45) is 5.53. The number of amides is 2. The molecule has 0 aromatic carbocycles. The number of thiazole rings is 1. The summed E-state index contributed by atoms with van der Waals surface area (Å²) in [6, 6.07) is 2.86. The molecule has 17 heteroatoms. The monoisotopic (exact) mass is 623 g/mol. The van der Waals surface area contributed by atoms with Gasteiger partial charge in [0, 0.05) is 17.1 Å². The van der Waals surface area contributed by atoms with Gasteiger partial charge in [-0.1, -0.05) is 28.1 Å². The lowest BCUT2D eigenvalue weighted by Gasteiger charge is -2.50. The van der Waals surface area contributed by atoms with Gasteiger partial charge in [-0.2, -0.15) is 4.57 Å². The molecule has 3 aromatic rings. The van der Waals surface area contributed by atoms with E-state index in [1.807, 2.05) is 33.5 Å². The predicted molar refractivity (Wildman–Crippen MR) is 148 cm³/mol. The summed E-state index contributed by atoms with van der Waals surface area (Å²) in [5, 5.41) is 28.0. The number of aliphatic hydroxyl groups excluding tert-OH is 1. The molecule has 5 rings (SSSR count). The van der Waals surface area contributed by atoms with Gasteiger partial charge in [-0.3, -0.25) is 14.5 Å². The highest BCUT2D eigenvalue weighted by Gasteiger charge is 2.53. The van der Waals surface area contributed by atoms with Gasteiger partial charge in [-0.25, -0.2) is 4.98 Å². The molecule has 2 amide bonds. The van der Waals surface area contributed by atoms with Crippen LogP contribution in [0.2, 0.25) is 4.34 Å². The number of nitrogens with zero attached hydrogens (tertiary/aromatic N) is 5. The molecule has 2 aliphatic rings. The highest BCUT2D eigenvalue weighted by Crippen LogP contribution is 2.40. The molecule has 40 heavy (non-hydrogen) atoms. The van der Waals surface area contributed by atoms with Crippen LogP contribution in [-0.4, -0.2) is 79.5 Å². The summed E-state index contributed by atoms with van der Waals surface area (Å²) in [5.74, 6) is -1.98. The maximum absolute atomic E-state index is 13.1. The van der Waals surface area contributed by atoms with Gasteiger partial charge in [0.2, 0.25) is 0 Å². The topological polar surface area (TPSA) is 179 Å². The number of nitrogens with one attached hydrogen (secondary N) is 1. The Morgan fingerprint density at radius 1 is 1.45 bits per heavy atom. The second-order valence-electron chi connectivity index (χ2n) is 8.54. The molecule has 210 valence electrons. The predicted octanol–water partition coefficient (Wildman–Crippen LogP) is -0.542. The number of β-lactam (4-membered cyclic amide) rings is 1. The first kappa shape index (κ1) is 28.2. The van der Waals surface area contributed by atoms with E-state index < -0.39 is 29.2 Å². The molecular weight excluding hydrogens is 602 g/mol. The Morgan fingerprint density at radius 2 is 2.25 bits per heavy atom. The number of carboxylic acid groups (broad SMARTS) is 1. The lowest BCUT2D eigenvalue weighted by Crippen LogP contribution is -2.71. The molecule has 0 bridgehead atoms. The molecule has 0 aliphatic carbocycles. The number of rotatable bonds is 10. The molecule has 4 N–H and O–H groups in total. The molecule has 3 aromatic heterocycles. The average molecular weight is 624 g/mol. The summed E-state index contributed by atoms with van der Waals surface area (Å²) in [5.41, 5.74) is 6.60. The van der Waals surface area contributed by atoms with E-state index in [0.29, 0.717) is 17.1 Å². The van der Waals surface area contributed by atoms with Gasteiger partial charge in [0.05, 0.1) is 29.5 Å². The van der Waals surface area contributed by atoms with Crippen molar-refractivity contribution in [3.05, 3.63) is 52.0 Å². The van der Waals surface area contributed by atoms with Crippen LogP contribution in [0.15, 0.2) is 52.2 Å². The van der Waals surface area contributed by atoms with E-state index in [1.54, 1.807) is 6.20 Å². The van der Waals surface area contributed by atoms with Gasteiger partial charge in [0.1, 0.15) is 34.1 Å². The number of carbonyl (C=O) groups excluding carboxylic acids is 3. The van der Waals surface area contributed by atoms with Crippen molar-refractivity contribution in [3.8, 4) is 0 Å². The summed E-state index contributed by atoms with van der Waals surface area (Å²) in [7, 11) is 1.24. The van der Waals surface area contributed by atoms with Crippen LogP contribution < -0.4 is 20.7 Å². The Bertz CT molecular complexity index is 1570. The zero-order chi connectivity index (χ0) is 28.6. The van der Waals surface area contributed by atoms with Crippen LogP contribution >= 0.6 is 46.5 Å². The molecule has 0 radical (unpaired) electrons. The Balaban J connectivity index is 1.34. The van der Waals surface area contributed by atoms with Crippen molar-refractivity contribution in [2.24, 2.45) is 5.16 Å². The highest BCUT2D eigenvalue weighted by atomic mass is 35.5. The maximum atomic E-state index is 13.1. The number of aliphatic carboxylic acids is 1. The Hall–Kier alpha value is -3.31. The van der Waals surface area contributed by atoms with Gasteiger partial charge >= 0.3 is 0 Å². The smallest absolute Gasteiger partial charge is 0.276 e. The van der Waals surface area contributed by atoms with Crippen molar-refractivity contribution in [1.29, 1.82) is 0 Å². The van der Waals surface area contributed by atoms with Crippen molar-refractivity contribution < 1.29 is 34.0 Å². The zero-order valence-corrected chi connectivity index (χ0v) is 24.0. The summed E-state index contributed by atoms with van der Waals surface area (Å²) in [6.45, 7) is 0.291. The van der Waals surface area contributed by atoms with Crippen LogP contribution in [0.3, 0.4) is 0 Å². The number of nitrogen functional groups attached to an aromatic ring is 1. The van der Waals surface area contributed by atoms with E-state index >= 15 is 0 Å². The fourth-order valence-corrected chi connectivity index (χ4v) is 7.44. The SMILES string of the molecule is CO/N=C(\C(=O)N[C@@H]1C(=O)N2C(C(=O)[O-])=C(C[n+]3ccn4c(SCCO)ccc4c3)CS[C@@H]12)c1nc(N)sc1Cl. The molecule has 0 spiro atoms. The number of aromatic nitrogens is 3. The van der Waals surface area contributed by atoms with Gasteiger partial charge in [-0.15, -0.1) is 23.5 Å². The molecule has 2 atom stereocenters. The van der Waals surface area contributed by atoms with Crippen molar-refractivity contribution >= 4 is 80.6 Å². The van der Waals surface area contributed by atoms with Crippen molar-refractivity contribution in [3.63, 3.8) is 0 Å². The molecular formula is C23H22ClN7O6S3. The lowest BCUT2D eigenvalue weighted by atomic mass is 10.0. The number of nitrogens with two attached hydrogens (primary N) is 1. The van der Waals surface area contributed by atoms with Crippen LogP contribution in [0, 0.1) is 0 Å². The van der Waals surface area contributed by atoms with Crippen LogP contribution in [0.5, 0.6) is 0 Å². The van der Waals surface area contributed by atoms with Crippen LogP contribution in [-0.2, 0) is 25.8 Å². The van der Waals surface area contributed by atoms with E-state index in [0.717, 1.165) is 26.8 Å². The molecule has 5 heterocycles. The number of carboxylic acids is 1. The fourth-order valence-electron chi connectivity index (χ4n) is 4.41. The zero-order valence-electron chi connectivity index (χ0n) is 20.8. The van der Waals surface area contributed by atoms with Crippen molar-refractivity contribution in [2.45, 2.75) is 23.0 Å². The number of aliphatic hydroxyl groups is 1. The number of fused-ring (bicyclic) bond motifs is 2. The number of halogens is 1. The second-order valence-corrected chi connectivity index (χ2v) is 12.4. The normalized spacial score (nSPS) is 19.0. The van der Waals surface area contributed by atoms with Gasteiger partial charge < -0.3 is 35.3 Å². The summed E-state index contributed by atoms with van der Waals surface area (Å²) in [4.78, 5) is 48.2. The molecule has 1 fully saturated rings. The Morgan fingerprint density at radius 3 is 2.92 bits per heavy atom. The van der Waals surface area contributed by atoms with Crippen LogP contribution in [0.25, 0.3) is 5.52 Å². The van der Waals surface area contributed by atoms with Crippen LogP contribution in [0.4, 0.5) is 5.13 Å². The number of hydrogen-bond acceptors (Lipinski definition) is 12. The van der Waals surface area contributed by atoms with Gasteiger partial charge in [0.25, 0.3) is 11.8 Å². The largest absolute Gasteiger partial charge is 0.543 e. The third-order valence-electron chi connectivity index (χ3n) is 6.08. The Labute approximate surface area is 244 Å². The van der Waals surface area contributed by atoms with Crippen LogP contribution in [0.1, 0.15) is 5.69 Å². The van der Waals surface area contributed by atoms with E-state index in [-0.39, 0.29) is 39.7 Å². The summed E-state index contributed by atoms with van der Waals surface area (Å²) >= 11 is 9.92. The second kappa shape index (κ2) is 11.7.